The number of amides is 1. The number of hydrazine groups is 1. The Bertz CT molecular complexity index is 724. The molecule has 11 heteroatoms. The van der Waals surface area contributed by atoms with Gasteiger partial charge >= 0.3 is 17.8 Å². The van der Waals surface area contributed by atoms with Crippen LogP contribution in [0, 0.1) is 10.1 Å². The molecule has 0 aromatic rings. The number of piperidine rings is 1. The number of carbonyl (C=O) groups is 2. The van der Waals surface area contributed by atoms with Gasteiger partial charge in [-0.2, -0.15) is 0 Å². The van der Waals surface area contributed by atoms with Gasteiger partial charge < -0.3 is 14.8 Å². The molecule has 0 radical (unpaired) electrons. The van der Waals surface area contributed by atoms with E-state index < -0.39 is 28.3 Å². The standard InChI is InChI=1S/C18H27ClN4O6/c1-5-28-16(24)12-10-14(23(26)27)15(19)21(11-12)22(13-6-8-20-9-7-13)17(25)29-18(2,3)4/h10,13,20H,5-9,11H2,1-4H3. The molecule has 0 aromatic heterocycles. The highest BCUT2D eigenvalue weighted by atomic mass is 35.5. The molecule has 162 valence electrons. The maximum absolute atomic E-state index is 13.0. The molecule has 1 fully saturated rings. The third kappa shape index (κ3) is 5.83. The third-order valence-electron chi connectivity index (χ3n) is 4.30. The molecule has 0 spiro atoms. The second-order valence-corrected chi connectivity index (χ2v) is 8.04. The van der Waals surface area contributed by atoms with Crippen LogP contribution < -0.4 is 5.32 Å². The molecule has 1 N–H and O–H groups in total. The predicted octanol–water partition coefficient (Wildman–Crippen LogP) is 2.38. The van der Waals surface area contributed by atoms with E-state index in [-0.39, 0.29) is 29.9 Å². The highest BCUT2D eigenvalue weighted by Crippen LogP contribution is 2.31. The van der Waals surface area contributed by atoms with E-state index >= 15 is 0 Å². The van der Waals surface area contributed by atoms with Gasteiger partial charge in [0.05, 0.1) is 29.7 Å². The van der Waals surface area contributed by atoms with Crippen molar-refractivity contribution in [3.05, 3.63) is 32.6 Å². The average molecular weight is 431 g/mol. The van der Waals surface area contributed by atoms with Crippen molar-refractivity contribution in [2.45, 2.75) is 52.2 Å². The Morgan fingerprint density at radius 1 is 1.38 bits per heavy atom. The van der Waals surface area contributed by atoms with E-state index in [4.69, 9.17) is 21.1 Å². The van der Waals surface area contributed by atoms with Gasteiger partial charge in [-0.15, -0.1) is 0 Å². The van der Waals surface area contributed by atoms with Crippen molar-refractivity contribution in [2.75, 3.05) is 26.2 Å². The Morgan fingerprint density at radius 3 is 2.52 bits per heavy atom. The summed E-state index contributed by atoms with van der Waals surface area (Å²) >= 11 is 6.32. The molecule has 2 rings (SSSR count). The van der Waals surface area contributed by atoms with Crippen LogP contribution in [0.2, 0.25) is 0 Å². The van der Waals surface area contributed by atoms with Crippen molar-refractivity contribution in [1.82, 2.24) is 15.3 Å². The quantitative estimate of drug-likeness (QED) is 0.306. The van der Waals surface area contributed by atoms with E-state index in [0.717, 1.165) is 6.08 Å². The molecule has 0 atom stereocenters. The molecule has 2 heterocycles. The Morgan fingerprint density at radius 2 is 2.00 bits per heavy atom. The molecule has 2 aliphatic heterocycles. The molecule has 2 aliphatic rings. The highest BCUT2D eigenvalue weighted by molar-refractivity contribution is 6.29. The van der Waals surface area contributed by atoms with Crippen molar-refractivity contribution in [2.24, 2.45) is 0 Å². The van der Waals surface area contributed by atoms with E-state index in [1.165, 1.54) is 10.0 Å². The van der Waals surface area contributed by atoms with Crippen molar-refractivity contribution < 1.29 is 24.0 Å². The van der Waals surface area contributed by atoms with Crippen LogP contribution >= 0.6 is 11.6 Å². The first kappa shape index (κ1) is 23.0. The van der Waals surface area contributed by atoms with Crippen molar-refractivity contribution in [1.29, 1.82) is 0 Å². The number of carbonyl (C=O) groups excluding carboxylic acids is 2. The zero-order valence-corrected chi connectivity index (χ0v) is 17.8. The van der Waals surface area contributed by atoms with Gasteiger partial charge in [-0.25, -0.2) is 14.6 Å². The minimum absolute atomic E-state index is 0.0328. The second-order valence-electron chi connectivity index (χ2n) is 7.69. The normalized spacial score (nSPS) is 18.2. The lowest BCUT2D eigenvalue weighted by Gasteiger charge is -2.43. The minimum atomic E-state index is -0.778. The van der Waals surface area contributed by atoms with Crippen molar-refractivity contribution >= 4 is 23.7 Å². The van der Waals surface area contributed by atoms with Crippen molar-refractivity contribution in [3.8, 4) is 0 Å². The molecule has 29 heavy (non-hydrogen) atoms. The van der Waals surface area contributed by atoms with Crippen LogP contribution in [-0.4, -0.2) is 64.9 Å². The number of nitro groups is 1. The summed E-state index contributed by atoms with van der Waals surface area (Å²) in [6.45, 7) is 8.13. The summed E-state index contributed by atoms with van der Waals surface area (Å²) in [5.41, 5.74) is -1.23. The van der Waals surface area contributed by atoms with Crippen LogP contribution in [0.4, 0.5) is 4.79 Å². The number of halogens is 1. The lowest BCUT2D eigenvalue weighted by Crippen LogP contribution is -2.56. The second kappa shape index (κ2) is 9.45. The van der Waals surface area contributed by atoms with Gasteiger partial charge in [-0.1, -0.05) is 11.6 Å². The summed E-state index contributed by atoms with van der Waals surface area (Å²) in [6.07, 6.45) is 1.61. The molecule has 0 aromatic carbocycles. The first-order chi connectivity index (χ1) is 13.5. The minimum Gasteiger partial charge on any atom is -0.463 e. The summed E-state index contributed by atoms with van der Waals surface area (Å²) in [4.78, 5) is 36.1. The van der Waals surface area contributed by atoms with Crippen LogP contribution in [0.3, 0.4) is 0 Å². The molecule has 0 aliphatic carbocycles. The predicted molar refractivity (Wildman–Crippen MR) is 105 cm³/mol. The van der Waals surface area contributed by atoms with Crippen LogP contribution in [0.1, 0.15) is 40.5 Å². The lowest BCUT2D eigenvalue weighted by atomic mass is 10.1. The van der Waals surface area contributed by atoms with Gasteiger partial charge in [0.1, 0.15) is 5.60 Å². The Balaban J connectivity index is 2.46. The van der Waals surface area contributed by atoms with E-state index in [0.29, 0.717) is 25.9 Å². The fraction of sp³-hybridized carbons (Fsp3) is 0.667. The summed E-state index contributed by atoms with van der Waals surface area (Å²) in [6, 6.07) is -0.297. The number of nitrogens with zero attached hydrogens (tertiary/aromatic N) is 3. The number of ether oxygens (including phenoxy) is 2. The van der Waals surface area contributed by atoms with Gasteiger partial charge in [0.25, 0.3) is 0 Å². The number of hydrogen-bond donors (Lipinski definition) is 1. The topological polar surface area (TPSA) is 114 Å². The number of allylic oxidation sites excluding steroid dienone is 1. The zero-order chi connectivity index (χ0) is 21.8. The largest absolute Gasteiger partial charge is 0.463 e. The molecular weight excluding hydrogens is 404 g/mol. The first-order valence-corrected chi connectivity index (χ1v) is 9.85. The van der Waals surface area contributed by atoms with Crippen molar-refractivity contribution in [3.63, 3.8) is 0 Å². The Labute approximate surface area is 174 Å². The molecule has 10 nitrogen and oxygen atoms in total. The summed E-state index contributed by atoms with van der Waals surface area (Å²) in [7, 11) is 0. The smallest absolute Gasteiger partial charge is 0.429 e. The Kier molecular flexibility index (Phi) is 7.48. The van der Waals surface area contributed by atoms with Crippen LogP contribution in [0.15, 0.2) is 22.5 Å². The maximum Gasteiger partial charge on any atom is 0.429 e. The SMILES string of the molecule is CCOC(=O)C1=CC([N+](=O)[O-])=C(Cl)N(N(C(=O)OC(C)(C)C)C2CCNCC2)C1. The van der Waals surface area contributed by atoms with Crippen LogP contribution in [0.5, 0.6) is 0 Å². The molecule has 0 bridgehead atoms. The molecule has 0 saturated carbocycles. The van der Waals surface area contributed by atoms with Gasteiger partial charge in [-0.3, -0.25) is 15.1 Å². The van der Waals surface area contributed by atoms with Gasteiger partial charge in [0.2, 0.25) is 5.16 Å². The summed E-state index contributed by atoms with van der Waals surface area (Å²) in [5.74, 6) is -0.699. The lowest BCUT2D eigenvalue weighted by molar-refractivity contribution is -0.421. The summed E-state index contributed by atoms with van der Waals surface area (Å²) < 4.78 is 10.5. The number of hydrogen-bond acceptors (Lipinski definition) is 8. The molecule has 1 amide bonds. The highest BCUT2D eigenvalue weighted by Gasteiger charge is 2.40. The molecular formula is C18H27ClN4O6. The van der Waals surface area contributed by atoms with Gasteiger partial charge in [0, 0.05) is 6.08 Å². The number of esters is 1. The molecule has 0 unspecified atom stereocenters. The average Bonchev–Trinajstić information content (AvgIpc) is 2.62. The Hall–Kier alpha value is -2.33. The third-order valence-corrected chi connectivity index (χ3v) is 4.69. The first-order valence-electron chi connectivity index (χ1n) is 9.47. The zero-order valence-electron chi connectivity index (χ0n) is 17.1. The number of nitrogens with one attached hydrogen (secondary N) is 1. The fourth-order valence-electron chi connectivity index (χ4n) is 3.08. The van der Waals surface area contributed by atoms with Crippen LogP contribution in [0.25, 0.3) is 0 Å². The monoisotopic (exact) mass is 430 g/mol. The maximum atomic E-state index is 13.0. The number of rotatable bonds is 5. The van der Waals surface area contributed by atoms with Gasteiger partial charge in [-0.05, 0) is 53.6 Å². The van der Waals surface area contributed by atoms with Gasteiger partial charge in [0.15, 0.2) is 0 Å². The summed E-state index contributed by atoms with van der Waals surface area (Å²) in [5, 5.41) is 17.0. The fourth-order valence-corrected chi connectivity index (χ4v) is 3.35. The van der Waals surface area contributed by atoms with E-state index in [1.807, 2.05) is 0 Å². The van der Waals surface area contributed by atoms with E-state index in [2.05, 4.69) is 5.32 Å². The van der Waals surface area contributed by atoms with E-state index in [9.17, 15) is 19.7 Å². The molecule has 1 saturated heterocycles. The van der Waals surface area contributed by atoms with E-state index in [1.54, 1.807) is 27.7 Å². The van der Waals surface area contributed by atoms with Crippen LogP contribution in [-0.2, 0) is 14.3 Å².